The molecule has 5 heteroatoms. The minimum atomic E-state index is 0.229. The van der Waals surface area contributed by atoms with Crippen molar-refractivity contribution >= 4 is 23.5 Å². The summed E-state index contributed by atoms with van der Waals surface area (Å²) in [6.45, 7) is 0. The number of thiocarbonyl (C=S) groups is 1. The highest BCUT2D eigenvalue weighted by Gasteiger charge is 1.93. The number of nitrogens with zero attached hydrogens (tertiary/aromatic N) is 3. The van der Waals surface area contributed by atoms with Crippen molar-refractivity contribution in [3.8, 4) is 0 Å². The number of aromatic nitrogens is 1. The SMILES string of the molecule is CN(N=Cc1ccccn1)C(N)=S. The highest BCUT2D eigenvalue weighted by Crippen LogP contribution is 1.90. The summed E-state index contributed by atoms with van der Waals surface area (Å²) in [7, 11) is 1.68. The minimum Gasteiger partial charge on any atom is -0.375 e. The lowest BCUT2D eigenvalue weighted by molar-refractivity contribution is 0.552. The van der Waals surface area contributed by atoms with Crippen molar-refractivity contribution in [3.63, 3.8) is 0 Å². The van der Waals surface area contributed by atoms with Gasteiger partial charge in [0.05, 0.1) is 11.9 Å². The Labute approximate surface area is 82.1 Å². The van der Waals surface area contributed by atoms with Gasteiger partial charge in [-0.05, 0) is 24.4 Å². The molecule has 0 aliphatic carbocycles. The van der Waals surface area contributed by atoms with Crippen molar-refractivity contribution in [1.29, 1.82) is 0 Å². The molecule has 68 valence electrons. The van der Waals surface area contributed by atoms with E-state index in [9.17, 15) is 0 Å². The smallest absolute Gasteiger partial charge is 0.186 e. The normalized spacial score (nSPS) is 10.2. The first kappa shape index (κ1) is 9.60. The number of nitrogens with two attached hydrogens (primary N) is 1. The van der Waals surface area contributed by atoms with E-state index < -0.39 is 0 Å². The summed E-state index contributed by atoms with van der Waals surface area (Å²) in [5.41, 5.74) is 6.09. The molecule has 1 heterocycles. The molecular formula is C8H10N4S. The Morgan fingerprint density at radius 3 is 3.00 bits per heavy atom. The van der Waals surface area contributed by atoms with E-state index in [-0.39, 0.29) is 5.11 Å². The molecule has 0 amide bonds. The van der Waals surface area contributed by atoms with Gasteiger partial charge >= 0.3 is 0 Å². The fourth-order valence-electron chi connectivity index (χ4n) is 0.655. The van der Waals surface area contributed by atoms with Crippen LogP contribution in [0.25, 0.3) is 0 Å². The van der Waals surface area contributed by atoms with Crippen molar-refractivity contribution < 1.29 is 0 Å². The molecule has 0 unspecified atom stereocenters. The third kappa shape index (κ3) is 3.16. The Morgan fingerprint density at radius 1 is 1.69 bits per heavy atom. The Morgan fingerprint density at radius 2 is 2.46 bits per heavy atom. The third-order valence-corrected chi connectivity index (χ3v) is 1.63. The van der Waals surface area contributed by atoms with Gasteiger partial charge in [0.15, 0.2) is 5.11 Å². The third-order valence-electron chi connectivity index (χ3n) is 1.37. The van der Waals surface area contributed by atoms with Crippen LogP contribution in [-0.4, -0.2) is 28.4 Å². The molecule has 0 spiro atoms. The molecule has 0 aromatic carbocycles. The van der Waals surface area contributed by atoms with Gasteiger partial charge < -0.3 is 5.73 Å². The molecule has 0 saturated carbocycles. The van der Waals surface area contributed by atoms with Gasteiger partial charge in [0.25, 0.3) is 0 Å². The molecule has 0 aliphatic heterocycles. The molecule has 0 saturated heterocycles. The summed E-state index contributed by atoms with van der Waals surface area (Å²) in [5.74, 6) is 0. The maximum absolute atomic E-state index is 5.32. The van der Waals surface area contributed by atoms with Crippen LogP contribution in [0.2, 0.25) is 0 Å². The maximum Gasteiger partial charge on any atom is 0.186 e. The quantitative estimate of drug-likeness (QED) is 0.425. The zero-order chi connectivity index (χ0) is 9.68. The second-order valence-electron chi connectivity index (χ2n) is 2.36. The second kappa shape index (κ2) is 4.51. The van der Waals surface area contributed by atoms with E-state index in [0.29, 0.717) is 0 Å². The molecule has 13 heavy (non-hydrogen) atoms. The molecule has 0 fully saturated rings. The lowest BCUT2D eigenvalue weighted by Gasteiger charge is -2.07. The average Bonchev–Trinajstić information content (AvgIpc) is 2.15. The molecule has 1 rings (SSSR count). The summed E-state index contributed by atoms with van der Waals surface area (Å²) in [5, 5.41) is 5.61. The van der Waals surface area contributed by atoms with E-state index in [4.69, 9.17) is 18.0 Å². The molecule has 0 bridgehead atoms. The number of rotatable bonds is 2. The number of pyridine rings is 1. The first-order chi connectivity index (χ1) is 6.20. The molecular weight excluding hydrogens is 184 g/mol. The monoisotopic (exact) mass is 194 g/mol. The predicted molar refractivity (Wildman–Crippen MR) is 56.4 cm³/mol. The molecule has 4 nitrogen and oxygen atoms in total. The highest BCUT2D eigenvalue weighted by molar-refractivity contribution is 7.80. The summed E-state index contributed by atoms with van der Waals surface area (Å²) in [6.07, 6.45) is 3.29. The van der Waals surface area contributed by atoms with Gasteiger partial charge in [-0.25, -0.2) is 5.01 Å². The van der Waals surface area contributed by atoms with Crippen LogP contribution in [0.15, 0.2) is 29.5 Å². The van der Waals surface area contributed by atoms with Gasteiger partial charge in [-0.2, -0.15) is 5.10 Å². The molecule has 2 N–H and O–H groups in total. The van der Waals surface area contributed by atoms with E-state index in [1.54, 1.807) is 19.5 Å². The van der Waals surface area contributed by atoms with E-state index in [1.807, 2.05) is 18.2 Å². The molecule has 1 aromatic heterocycles. The van der Waals surface area contributed by atoms with Gasteiger partial charge in [0.1, 0.15) is 0 Å². The van der Waals surface area contributed by atoms with E-state index >= 15 is 0 Å². The van der Waals surface area contributed by atoms with Crippen LogP contribution < -0.4 is 5.73 Å². The highest BCUT2D eigenvalue weighted by atomic mass is 32.1. The van der Waals surface area contributed by atoms with Crippen molar-refractivity contribution in [3.05, 3.63) is 30.1 Å². The van der Waals surface area contributed by atoms with Gasteiger partial charge in [-0.15, -0.1) is 0 Å². The maximum atomic E-state index is 5.32. The summed E-state index contributed by atoms with van der Waals surface area (Å²) in [4.78, 5) is 4.05. The van der Waals surface area contributed by atoms with Gasteiger partial charge in [-0.1, -0.05) is 6.07 Å². The van der Waals surface area contributed by atoms with Crippen molar-refractivity contribution in [2.45, 2.75) is 0 Å². The number of hydrogen-bond acceptors (Lipinski definition) is 3. The Bertz CT molecular complexity index is 309. The summed E-state index contributed by atoms with van der Waals surface area (Å²) >= 11 is 4.70. The first-order valence-electron chi connectivity index (χ1n) is 3.68. The minimum absolute atomic E-state index is 0.229. The van der Waals surface area contributed by atoms with Crippen LogP contribution in [-0.2, 0) is 0 Å². The molecule has 0 radical (unpaired) electrons. The predicted octanol–water partition coefficient (Wildman–Crippen LogP) is 0.591. The van der Waals surface area contributed by atoms with Crippen molar-refractivity contribution in [2.75, 3.05) is 7.05 Å². The van der Waals surface area contributed by atoms with Crippen LogP contribution in [0.5, 0.6) is 0 Å². The topological polar surface area (TPSA) is 54.5 Å². The zero-order valence-corrected chi connectivity index (χ0v) is 8.03. The van der Waals surface area contributed by atoms with Crippen LogP contribution in [0.3, 0.4) is 0 Å². The fraction of sp³-hybridized carbons (Fsp3) is 0.125. The zero-order valence-electron chi connectivity index (χ0n) is 7.21. The fourth-order valence-corrected chi connectivity index (χ4v) is 0.702. The van der Waals surface area contributed by atoms with Crippen LogP contribution in [0.4, 0.5) is 0 Å². The Kier molecular flexibility index (Phi) is 3.33. The number of hydrogen-bond donors (Lipinski definition) is 1. The van der Waals surface area contributed by atoms with Crippen LogP contribution in [0.1, 0.15) is 5.69 Å². The summed E-state index contributed by atoms with van der Waals surface area (Å²) < 4.78 is 0. The summed E-state index contributed by atoms with van der Waals surface area (Å²) in [6, 6.07) is 5.57. The van der Waals surface area contributed by atoms with E-state index in [1.165, 1.54) is 5.01 Å². The second-order valence-corrected chi connectivity index (χ2v) is 2.78. The number of hydrazone groups is 1. The molecule has 0 atom stereocenters. The Hall–Kier alpha value is -1.49. The standard InChI is InChI=1S/C8H10N4S/c1-12(8(9)13)11-6-7-4-2-3-5-10-7/h2-6H,1H3,(H2,9,13). The van der Waals surface area contributed by atoms with E-state index in [2.05, 4.69) is 10.1 Å². The van der Waals surface area contributed by atoms with E-state index in [0.717, 1.165) is 5.69 Å². The molecule has 1 aromatic rings. The lowest BCUT2D eigenvalue weighted by atomic mass is 10.4. The Balaban J connectivity index is 2.64. The van der Waals surface area contributed by atoms with Gasteiger partial charge in [-0.3, -0.25) is 4.98 Å². The van der Waals surface area contributed by atoms with Crippen LogP contribution in [0, 0.1) is 0 Å². The molecule has 0 aliphatic rings. The van der Waals surface area contributed by atoms with Crippen LogP contribution >= 0.6 is 12.2 Å². The van der Waals surface area contributed by atoms with Gasteiger partial charge in [0, 0.05) is 13.2 Å². The first-order valence-corrected chi connectivity index (χ1v) is 4.09. The largest absolute Gasteiger partial charge is 0.375 e. The lowest BCUT2D eigenvalue weighted by Crippen LogP contribution is -2.27. The van der Waals surface area contributed by atoms with Gasteiger partial charge in [0.2, 0.25) is 0 Å². The van der Waals surface area contributed by atoms with Crippen molar-refractivity contribution in [1.82, 2.24) is 9.99 Å². The van der Waals surface area contributed by atoms with Crippen molar-refractivity contribution in [2.24, 2.45) is 10.8 Å². The average molecular weight is 194 g/mol.